The largest absolute Gasteiger partial charge is 0.484 e. The monoisotopic (exact) mass is 448 g/mol. The number of hydrogen-bond acceptors (Lipinski definition) is 3. The highest BCUT2D eigenvalue weighted by Crippen LogP contribution is 2.17. The van der Waals surface area contributed by atoms with Crippen molar-refractivity contribution in [2.45, 2.75) is 32.9 Å². The van der Waals surface area contributed by atoms with Crippen molar-refractivity contribution in [1.29, 1.82) is 0 Å². The van der Waals surface area contributed by atoms with Crippen LogP contribution in [0.3, 0.4) is 0 Å². The maximum absolute atomic E-state index is 13.4. The van der Waals surface area contributed by atoms with Gasteiger partial charge in [-0.15, -0.1) is 0 Å². The molecule has 3 aromatic carbocycles. The van der Waals surface area contributed by atoms with Crippen molar-refractivity contribution in [3.05, 3.63) is 101 Å². The van der Waals surface area contributed by atoms with E-state index in [4.69, 9.17) is 4.74 Å². The molecule has 172 valence electrons. The van der Waals surface area contributed by atoms with Crippen molar-refractivity contribution in [1.82, 2.24) is 10.2 Å². The molecule has 0 aromatic heterocycles. The zero-order chi connectivity index (χ0) is 23.6. The summed E-state index contributed by atoms with van der Waals surface area (Å²) >= 11 is 0. The minimum atomic E-state index is -0.744. The number of amides is 2. The van der Waals surface area contributed by atoms with Gasteiger partial charge in [0, 0.05) is 19.5 Å². The van der Waals surface area contributed by atoms with Crippen molar-refractivity contribution in [2.75, 3.05) is 13.2 Å². The Morgan fingerprint density at radius 3 is 2.36 bits per heavy atom. The molecule has 0 saturated heterocycles. The smallest absolute Gasteiger partial charge is 0.261 e. The zero-order valence-electron chi connectivity index (χ0n) is 19.0. The lowest BCUT2D eigenvalue weighted by molar-refractivity contribution is -0.142. The Balaban J connectivity index is 1.88. The number of nitrogens with zero attached hydrogens (tertiary/aromatic N) is 1. The molecule has 33 heavy (non-hydrogen) atoms. The summed E-state index contributed by atoms with van der Waals surface area (Å²) in [6.07, 6.45) is 0.351. The highest BCUT2D eigenvalue weighted by atomic mass is 19.1. The summed E-state index contributed by atoms with van der Waals surface area (Å²) in [4.78, 5) is 27.9. The van der Waals surface area contributed by atoms with Gasteiger partial charge >= 0.3 is 0 Å². The summed E-state index contributed by atoms with van der Waals surface area (Å²) in [7, 11) is 0. The molecule has 1 atom stereocenters. The number of likely N-dealkylation sites (N-methyl/N-ethyl adjacent to an activating group) is 1. The van der Waals surface area contributed by atoms with Crippen LogP contribution < -0.4 is 10.1 Å². The molecule has 0 fully saturated rings. The highest BCUT2D eigenvalue weighted by molar-refractivity contribution is 5.88. The number of carbonyl (C=O) groups is 2. The lowest BCUT2D eigenvalue weighted by Crippen LogP contribution is -2.51. The van der Waals surface area contributed by atoms with Crippen molar-refractivity contribution in [3.8, 4) is 5.75 Å². The number of hydrogen-bond donors (Lipinski definition) is 1. The Kier molecular flexibility index (Phi) is 8.58. The zero-order valence-corrected chi connectivity index (χ0v) is 19.0. The predicted octanol–water partition coefficient (Wildman–Crippen LogP) is 4.29. The van der Waals surface area contributed by atoms with E-state index in [9.17, 15) is 14.0 Å². The van der Waals surface area contributed by atoms with Gasteiger partial charge in [0.25, 0.3) is 5.91 Å². The second-order valence-corrected chi connectivity index (χ2v) is 7.85. The highest BCUT2D eigenvalue weighted by Gasteiger charge is 2.30. The van der Waals surface area contributed by atoms with E-state index in [1.165, 1.54) is 17.0 Å². The van der Waals surface area contributed by atoms with Crippen LogP contribution in [0.4, 0.5) is 4.39 Å². The third kappa shape index (κ3) is 7.17. The average Bonchev–Trinajstić information content (AvgIpc) is 2.82. The molecule has 0 heterocycles. The lowest BCUT2D eigenvalue weighted by atomic mass is 10.0. The van der Waals surface area contributed by atoms with Crippen LogP contribution in [-0.2, 0) is 22.6 Å². The van der Waals surface area contributed by atoms with E-state index in [1.807, 2.05) is 62.4 Å². The van der Waals surface area contributed by atoms with Gasteiger partial charge in [0.15, 0.2) is 6.61 Å². The Morgan fingerprint density at radius 2 is 1.70 bits per heavy atom. The van der Waals surface area contributed by atoms with Gasteiger partial charge < -0.3 is 15.0 Å². The average molecular weight is 449 g/mol. The minimum absolute atomic E-state index is 0.158. The molecule has 0 bridgehead atoms. The summed E-state index contributed by atoms with van der Waals surface area (Å²) < 4.78 is 19.2. The van der Waals surface area contributed by atoms with Crippen LogP contribution in [0.25, 0.3) is 0 Å². The van der Waals surface area contributed by atoms with Gasteiger partial charge in [-0.1, -0.05) is 54.6 Å². The van der Waals surface area contributed by atoms with Crippen LogP contribution in [0.2, 0.25) is 0 Å². The van der Waals surface area contributed by atoms with E-state index in [1.54, 1.807) is 18.2 Å². The summed E-state index contributed by atoms with van der Waals surface area (Å²) in [6.45, 7) is 4.17. The number of rotatable bonds is 10. The number of nitrogens with one attached hydrogen (secondary N) is 1. The fourth-order valence-electron chi connectivity index (χ4n) is 3.57. The van der Waals surface area contributed by atoms with Gasteiger partial charge in [0.2, 0.25) is 5.91 Å². The molecule has 0 saturated carbocycles. The van der Waals surface area contributed by atoms with Crippen LogP contribution in [0.1, 0.15) is 23.6 Å². The van der Waals surface area contributed by atoms with E-state index in [-0.39, 0.29) is 30.8 Å². The number of aryl methyl sites for hydroxylation is 1. The number of ether oxygens (including phenoxy) is 1. The molecule has 3 rings (SSSR count). The van der Waals surface area contributed by atoms with E-state index in [0.717, 1.165) is 16.7 Å². The first-order valence-corrected chi connectivity index (χ1v) is 11.0. The standard InChI is InChI=1S/C27H29FN2O3/c1-3-29-27(32)25(17-21-9-5-4-6-10-21)30(18-22-12-14-23(28)15-13-22)26(31)19-33-24-11-7-8-20(2)16-24/h4-16,25H,3,17-19H2,1-2H3,(H,29,32)/t25-/m0/s1. The van der Waals surface area contributed by atoms with Gasteiger partial charge in [0.1, 0.15) is 17.6 Å². The topological polar surface area (TPSA) is 58.6 Å². The molecule has 0 aliphatic carbocycles. The van der Waals surface area contributed by atoms with Crippen LogP contribution in [0.15, 0.2) is 78.9 Å². The van der Waals surface area contributed by atoms with Gasteiger partial charge in [-0.3, -0.25) is 9.59 Å². The Labute approximate surface area is 194 Å². The first kappa shape index (κ1) is 24.0. The quantitative estimate of drug-likeness (QED) is 0.503. The van der Waals surface area contributed by atoms with Gasteiger partial charge in [-0.05, 0) is 54.8 Å². The van der Waals surface area contributed by atoms with Crippen LogP contribution in [-0.4, -0.2) is 35.9 Å². The summed E-state index contributed by atoms with van der Waals surface area (Å²) in [5.74, 6) is -0.341. The SMILES string of the molecule is CCNC(=O)[C@H](Cc1ccccc1)N(Cc1ccc(F)cc1)C(=O)COc1cccc(C)c1. The van der Waals surface area contributed by atoms with Crippen LogP contribution >= 0.6 is 0 Å². The van der Waals surface area contributed by atoms with Crippen LogP contribution in [0, 0.1) is 12.7 Å². The molecule has 0 spiro atoms. The summed E-state index contributed by atoms with van der Waals surface area (Å²) in [6, 6.07) is 22.2. The molecular formula is C27H29FN2O3. The third-order valence-corrected chi connectivity index (χ3v) is 5.24. The van der Waals surface area contributed by atoms with Crippen molar-refractivity contribution in [3.63, 3.8) is 0 Å². The Hall–Kier alpha value is -3.67. The van der Waals surface area contributed by atoms with E-state index >= 15 is 0 Å². The molecule has 0 aliphatic heterocycles. The maximum atomic E-state index is 13.4. The second-order valence-electron chi connectivity index (χ2n) is 7.85. The number of carbonyl (C=O) groups excluding carboxylic acids is 2. The molecule has 5 nitrogen and oxygen atoms in total. The molecule has 0 unspecified atom stereocenters. The first-order valence-electron chi connectivity index (χ1n) is 11.0. The normalized spacial score (nSPS) is 11.5. The van der Waals surface area contributed by atoms with E-state index < -0.39 is 6.04 Å². The number of benzene rings is 3. The molecule has 2 amide bonds. The second kappa shape index (κ2) is 11.8. The summed E-state index contributed by atoms with van der Waals surface area (Å²) in [5.41, 5.74) is 2.68. The molecular weight excluding hydrogens is 419 g/mol. The third-order valence-electron chi connectivity index (χ3n) is 5.24. The molecule has 1 N–H and O–H groups in total. The molecule has 6 heteroatoms. The number of halogens is 1. The summed E-state index contributed by atoms with van der Waals surface area (Å²) in [5, 5.41) is 2.84. The molecule has 3 aromatic rings. The first-order chi connectivity index (χ1) is 16.0. The van der Waals surface area contributed by atoms with Crippen molar-refractivity contribution in [2.24, 2.45) is 0 Å². The van der Waals surface area contributed by atoms with Gasteiger partial charge in [-0.2, -0.15) is 0 Å². The van der Waals surface area contributed by atoms with E-state index in [2.05, 4.69) is 5.32 Å². The predicted molar refractivity (Wildman–Crippen MR) is 126 cm³/mol. The van der Waals surface area contributed by atoms with Crippen LogP contribution in [0.5, 0.6) is 5.75 Å². The van der Waals surface area contributed by atoms with Gasteiger partial charge in [0.05, 0.1) is 0 Å². The van der Waals surface area contributed by atoms with Gasteiger partial charge in [-0.25, -0.2) is 4.39 Å². The van der Waals surface area contributed by atoms with Crippen molar-refractivity contribution < 1.29 is 18.7 Å². The fraction of sp³-hybridized carbons (Fsp3) is 0.259. The van der Waals surface area contributed by atoms with E-state index in [0.29, 0.717) is 18.7 Å². The Morgan fingerprint density at radius 1 is 0.970 bits per heavy atom. The fourth-order valence-corrected chi connectivity index (χ4v) is 3.57. The lowest BCUT2D eigenvalue weighted by Gasteiger charge is -2.31. The minimum Gasteiger partial charge on any atom is -0.484 e. The van der Waals surface area contributed by atoms with Crippen molar-refractivity contribution >= 4 is 11.8 Å². The molecule has 0 radical (unpaired) electrons. The molecule has 0 aliphatic rings. The maximum Gasteiger partial charge on any atom is 0.261 e. The Bertz CT molecular complexity index is 1050.